The van der Waals surface area contributed by atoms with E-state index in [1.165, 1.54) is 0 Å². The average molecular weight is 234 g/mol. The quantitative estimate of drug-likeness (QED) is 0.782. The first-order valence-corrected chi connectivity index (χ1v) is 4.85. The largest absolute Gasteiger partial charge is 0.508 e. The van der Waals surface area contributed by atoms with Gasteiger partial charge in [-0.05, 0) is 25.1 Å². The summed E-state index contributed by atoms with van der Waals surface area (Å²) in [6.07, 6.45) is 1.05. The summed E-state index contributed by atoms with van der Waals surface area (Å²) < 4.78 is 0. The summed E-state index contributed by atoms with van der Waals surface area (Å²) in [6.45, 7) is 1.92. The van der Waals surface area contributed by atoms with E-state index < -0.39 is 0 Å². The van der Waals surface area contributed by atoms with Crippen molar-refractivity contribution in [2.24, 2.45) is 0 Å². The number of hydrogen-bond donors (Lipinski definition) is 2. The minimum absolute atomic E-state index is 0. The van der Waals surface area contributed by atoms with Crippen molar-refractivity contribution in [2.45, 2.75) is 12.3 Å². The fourth-order valence-electron chi connectivity index (χ4n) is 1.83. The SMILES string of the molecule is Cl.Oc1cccc(Cl)c1C1CCNC1. The first-order valence-electron chi connectivity index (χ1n) is 4.47. The molecule has 0 saturated carbocycles. The van der Waals surface area contributed by atoms with Gasteiger partial charge in [0.15, 0.2) is 0 Å². The Morgan fingerprint density at radius 2 is 2.21 bits per heavy atom. The van der Waals surface area contributed by atoms with Crippen molar-refractivity contribution >= 4 is 24.0 Å². The highest BCUT2D eigenvalue weighted by Gasteiger charge is 2.21. The Kier molecular flexibility index (Phi) is 4.05. The minimum atomic E-state index is 0. The maximum absolute atomic E-state index is 9.64. The number of nitrogens with one attached hydrogen (secondary N) is 1. The van der Waals surface area contributed by atoms with E-state index in [1.54, 1.807) is 12.1 Å². The molecule has 2 rings (SSSR count). The summed E-state index contributed by atoms with van der Waals surface area (Å²) >= 11 is 6.02. The molecule has 1 unspecified atom stereocenters. The van der Waals surface area contributed by atoms with E-state index in [4.69, 9.17) is 11.6 Å². The Balaban J connectivity index is 0.000000980. The van der Waals surface area contributed by atoms with Gasteiger partial charge in [-0.15, -0.1) is 12.4 Å². The molecule has 1 aliphatic rings. The summed E-state index contributed by atoms with van der Waals surface area (Å²) in [6, 6.07) is 5.29. The summed E-state index contributed by atoms with van der Waals surface area (Å²) in [5.74, 6) is 0.690. The van der Waals surface area contributed by atoms with Gasteiger partial charge in [-0.2, -0.15) is 0 Å². The average Bonchev–Trinajstić information content (AvgIpc) is 2.57. The van der Waals surface area contributed by atoms with Crippen LogP contribution >= 0.6 is 24.0 Å². The third kappa shape index (κ3) is 2.14. The van der Waals surface area contributed by atoms with Crippen LogP contribution in [0.4, 0.5) is 0 Å². The molecule has 1 aliphatic heterocycles. The highest BCUT2D eigenvalue weighted by Crippen LogP contribution is 2.35. The van der Waals surface area contributed by atoms with E-state index in [1.807, 2.05) is 6.07 Å². The lowest BCUT2D eigenvalue weighted by Crippen LogP contribution is -2.08. The highest BCUT2D eigenvalue weighted by molar-refractivity contribution is 6.31. The van der Waals surface area contributed by atoms with Gasteiger partial charge in [0, 0.05) is 23.0 Å². The molecule has 0 spiro atoms. The molecule has 0 aromatic heterocycles. The minimum Gasteiger partial charge on any atom is -0.508 e. The number of benzene rings is 1. The van der Waals surface area contributed by atoms with Gasteiger partial charge < -0.3 is 10.4 Å². The van der Waals surface area contributed by atoms with Crippen LogP contribution in [0.1, 0.15) is 17.9 Å². The molecule has 0 radical (unpaired) electrons. The molecule has 78 valence electrons. The van der Waals surface area contributed by atoms with Crippen molar-refractivity contribution in [3.8, 4) is 5.75 Å². The van der Waals surface area contributed by atoms with Crippen LogP contribution in [0.25, 0.3) is 0 Å². The number of phenolic OH excluding ortho intramolecular Hbond substituents is 1. The lowest BCUT2D eigenvalue weighted by molar-refractivity contribution is 0.463. The van der Waals surface area contributed by atoms with Gasteiger partial charge in [-0.25, -0.2) is 0 Å². The second-order valence-corrected chi connectivity index (χ2v) is 3.77. The molecule has 1 aromatic rings. The molecule has 1 saturated heterocycles. The lowest BCUT2D eigenvalue weighted by Gasteiger charge is -2.12. The van der Waals surface area contributed by atoms with E-state index in [-0.39, 0.29) is 12.4 Å². The Hall–Kier alpha value is -0.440. The first kappa shape index (κ1) is 11.6. The molecule has 4 heteroatoms. The number of rotatable bonds is 1. The molecule has 2 N–H and O–H groups in total. The monoisotopic (exact) mass is 233 g/mol. The molecule has 1 fully saturated rings. The predicted octanol–water partition coefficient (Wildman–Crippen LogP) is 2.54. The van der Waals surface area contributed by atoms with E-state index >= 15 is 0 Å². The molecular weight excluding hydrogens is 221 g/mol. The number of aromatic hydroxyl groups is 1. The summed E-state index contributed by atoms with van der Waals surface area (Å²) in [7, 11) is 0. The summed E-state index contributed by atoms with van der Waals surface area (Å²) in [5, 5.41) is 13.6. The van der Waals surface area contributed by atoms with E-state index in [0.717, 1.165) is 25.1 Å². The van der Waals surface area contributed by atoms with Gasteiger partial charge in [-0.3, -0.25) is 0 Å². The van der Waals surface area contributed by atoms with Gasteiger partial charge in [0.25, 0.3) is 0 Å². The molecule has 0 bridgehead atoms. The van der Waals surface area contributed by atoms with Crippen molar-refractivity contribution in [1.29, 1.82) is 0 Å². The van der Waals surface area contributed by atoms with Crippen molar-refractivity contribution in [1.82, 2.24) is 5.32 Å². The van der Waals surface area contributed by atoms with Gasteiger partial charge in [-0.1, -0.05) is 17.7 Å². The fraction of sp³-hybridized carbons (Fsp3) is 0.400. The standard InChI is InChI=1S/C10H12ClNO.ClH/c11-8-2-1-3-9(13)10(8)7-4-5-12-6-7;/h1-3,7,12-13H,4-6H2;1H. The van der Waals surface area contributed by atoms with Crippen LogP contribution in [-0.2, 0) is 0 Å². The third-order valence-corrected chi connectivity index (χ3v) is 2.83. The van der Waals surface area contributed by atoms with E-state index in [2.05, 4.69) is 5.32 Å². The first-order chi connectivity index (χ1) is 6.29. The van der Waals surface area contributed by atoms with Gasteiger partial charge >= 0.3 is 0 Å². The molecule has 0 aliphatic carbocycles. The number of hydrogen-bond acceptors (Lipinski definition) is 2. The smallest absolute Gasteiger partial charge is 0.120 e. The molecule has 2 nitrogen and oxygen atoms in total. The summed E-state index contributed by atoms with van der Waals surface area (Å²) in [4.78, 5) is 0. The molecule has 1 atom stereocenters. The van der Waals surface area contributed by atoms with Crippen LogP contribution < -0.4 is 5.32 Å². The maximum atomic E-state index is 9.64. The van der Waals surface area contributed by atoms with E-state index in [0.29, 0.717) is 16.7 Å². The van der Waals surface area contributed by atoms with Gasteiger partial charge in [0.2, 0.25) is 0 Å². The van der Waals surface area contributed by atoms with E-state index in [9.17, 15) is 5.11 Å². The van der Waals surface area contributed by atoms with Crippen LogP contribution in [0.15, 0.2) is 18.2 Å². The van der Waals surface area contributed by atoms with Crippen molar-refractivity contribution < 1.29 is 5.11 Å². The number of halogens is 2. The zero-order valence-corrected chi connectivity index (χ0v) is 9.24. The predicted molar refractivity (Wildman–Crippen MR) is 60.6 cm³/mol. The normalized spacial score (nSPS) is 20.5. The van der Waals surface area contributed by atoms with Crippen molar-refractivity contribution in [3.63, 3.8) is 0 Å². The van der Waals surface area contributed by atoms with Crippen molar-refractivity contribution in [3.05, 3.63) is 28.8 Å². The second kappa shape index (κ2) is 4.87. The molecule has 1 heterocycles. The maximum Gasteiger partial charge on any atom is 0.120 e. The third-order valence-electron chi connectivity index (χ3n) is 2.50. The molecule has 1 aromatic carbocycles. The molecule has 0 amide bonds. The Labute approximate surface area is 94.7 Å². The van der Waals surface area contributed by atoms with Gasteiger partial charge in [0.1, 0.15) is 5.75 Å². The van der Waals surface area contributed by atoms with Crippen LogP contribution in [0.5, 0.6) is 5.75 Å². The molecular formula is C10H13Cl2NO. The Morgan fingerprint density at radius 1 is 1.43 bits per heavy atom. The Bertz CT molecular complexity index is 291. The highest BCUT2D eigenvalue weighted by atomic mass is 35.5. The topological polar surface area (TPSA) is 32.3 Å². The fourth-order valence-corrected chi connectivity index (χ4v) is 2.15. The number of phenols is 1. The zero-order valence-electron chi connectivity index (χ0n) is 7.66. The van der Waals surface area contributed by atoms with Crippen LogP contribution in [0, 0.1) is 0 Å². The molecule has 14 heavy (non-hydrogen) atoms. The second-order valence-electron chi connectivity index (χ2n) is 3.36. The van der Waals surface area contributed by atoms with Crippen LogP contribution in [0.2, 0.25) is 5.02 Å². The zero-order chi connectivity index (χ0) is 9.26. The summed E-state index contributed by atoms with van der Waals surface area (Å²) in [5.41, 5.74) is 0.897. The van der Waals surface area contributed by atoms with Crippen LogP contribution in [0.3, 0.4) is 0 Å². The van der Waals surface area contributed by atoms with Crippen molar-refractivity contribution in [2.75, 3.05) is 13.1 Å². The van der Waals surface area contributed by atoms with Gasteiger partial charge in [0.05, 0.1) is 0 Å². The Morgan fingerprint density at radius 3 is 2.79 bits per heavy atom. The van der Waals surface area contributed by atoms with Crippen LogP contribution in [-0.4, -0.2) is 18.2 Å². The lowest BCUT2D eigenvalue weighted by atomic mass is 9.97.